The lowest BCUT2D eigenvalue weighted by Gasteiger charge is -2.27. The first-order valence-electron chi connectivity index (χ1n) is 6.94. The van der Waals surface area contributed by atoms with Gasteiger partial charge in [-0.05, 0) is 29.3 Å². The van der Waals surface area contributed by atoms with Crippen molar-refractivity contribution in [2.24, 2.45) is 0 Å². The molecule has 0 atom stereocenters. The highest BCUT2D eigenvalue weighted by Gasteiger charge is 2.27. The van der Waals surface area contributed by atoms with Crippen molar-refractivity contribution < 1.29 is 19.4 Å². The Morgan fingerprint density at radius 1 is 1.00 bits per heavy atom. The van der Waals surface area contributed by atoms with Crippen LogP contribution in [0.2, 0.25) is 0 Å². The minimum absolute atomic E-state index is 0.288. The third kappa shape index (κ3) is 3.17. The van der Waals surface area contributed by atoms with Gasteiger partial charge in [0.15, 0.2) is 0 Å². The van der Waals surface area contributed by atoms with Crippen molar-refractivity contribution >= 4 is 11.9 Å². The molecule has 0 aliphatic rings. The van der Waals surface area contributed by atoms with Crippen LogP contribution in [0.15, 0.2) is 48.5 Å². The van der Waals surface area contributed by atoms with Crippen molar-refractivity contribution in [3.8, 4) is 5.75 Å². The number of hydrogen-bond acceptors (Lipinski definition) is 3. The van der Waals surface area contributed by atoms with Crippen molar-refractivity contribution in [1.82, 2.24) is 0 Å². The molecule has 0 aliphatic heterocycles. The SMILES string of the molecule is CC(=O)Oc1ccc(C(C)(C)c2ccccc2C(=O)O)cc1. The van der Waals surface area contributed by atoms with Gasteiger partial charge in [-0.15, -0.1) is 0 Å². The van der Waals surface area contributed by atoms with E-state index in [-0.39, 0.29) is 11.5 Å². The number of carboxylic acid groups (broad SMARTS) is 1. The Bertz CT molecular complexity index is 699. The van der Waals surface area contributed by atoms with Crippen LogP contribution < -0.4 is 4.74 Å². The number of esters is 1. The third-order valence-corrected chi connectivity index (χ3v) is 3.67. The number of hydrogen-bond donors (Lipinski definition) is 1. The van der Waals surface area contributed by atoms with Crippen molar-refractivity contribution in [2.75, 3.05) is 0 Å². The standard InChI is InChI=1S/C18H18O4/c1-12(19)22-14-10-8-13(9-11-14)18(2,3)16-7-5-4-6-15(16)17(20)21/h4-11H,1-3H3,(H,20,21). The van der Waals surface area contributed by atoms with E-state index >= 15 is 0 Å². The topological polar surface area (TPSA) is 63.6 Å². The van der Waals surface area contributed by atoms with Crippen LogP contribution in [0.3, 0.4) is 0 Å². The summed E-state index contributed by atoms with van der Waals surface area (Å²) in [5, 5.41) is 9.36. The average molecular weight is 298 g/mol. The molecule has 2 aromatic rings. The molecule has 114 valence electrons. The second-order valence-corrected chi connectivity index (χ2v) is 5.59. The minimum atomic E-state index is -0.944. The summed E-state index contributed by atoms with van der Waals surface area (Å²) < 4.78 is 5.02. The number of ether oxygens (including phenoxy) is 1. The molecule has 0 bridgehead atoms. The molecule has 0 fully saturated rings. The number of aromatic carboxylic acids is 1. The van der Waals surface area contributed by atoms with Gasteiger partial charge in [0, 0.05) is 12.3 Å². The van der Waals surface area contributed by atoms with Crippen molar-refractivity contribution in [1.29, 1.82) is 0 Å². The van der Waals surface area contributed by atoms with Crippen LogP contribution in [-0.2, 0) is 10.2 Å². The van der Waals surface area contributed by atoms with Crippen LogP contribution in [0.4, 0.5) is 0 Å². The number of benzene rings is 2. The number of rotatable bonds is 4. The summed E-state index contributed by atoms with van der Waals surface area (Å²) in [5.74, 6) is -0.845. The molecule has 4 nitrogen and oxygen atoms in total. The van der Waals surface area contributed by atoms with E-state index in [9.17, 15) is 14.7 Å². The highest BCUT2D eigenvalue weighted by Crippen LogP contribution is 2.34. The second kappa shape index (κ2) is 6.02. The monoisotopic (exact) mass is 298 g/mol. The average Bonchev–Trinajstić information content (AvgIpc) is 2.47. The fourth-order valence-corrected chi connectivity index (χ4v) is 2.48. The molecule has 4 heteroatoms. The van der Waals surface area contributed by atoms with Crippen molar-refractivity contribution in [2.45, 2.75) is 26.2 Å². The summed E-state index contributed by atoms with van der Waals surface area (Å²) in [6, 6.07) is 14.1. The molecule has 0 amide bonds. The van der Waals surface area contributed by atoms with E-state index in [1.807, 2.05) is 38.1 Å². The molecular formula is C18H18O4. The van der Waals surface area contributed by atoms with E-state index in [1.54, 1.807) is 24.3 Å². The zero-order chi connectivity index (χ0) is 16.3. The number of carbonyl (C=O) groups is 2. The van der Waals surface area contributed by atoms with Crippen LogP contribution in [0.5, 0.6) is 5.75 Å². The maximum Gasteiger partial charge on any atom is 0.335 e. The maximum atomic E-state index is 11.4. The first-order valence-corrected chi connectivity index (χ1v) is 6.94. The van der Waals surface area contributed by atoms with Crippen molar-refractivity contribution in [3.63, 3.8) is 0 Å². The Balaban J connectivity index is 2.42. The maximum absolute atomic E-state index is 11.4. The molecule has 1 N–H and O–H groups in total. The Kier molecular flexibility index (Phi) is 4.31. The van der Waals surface area contributed by atoms with E-state index in [0.29, 0.717) is 5.75 Å². The predicted molar refractivity (Wildman–Crippen MR) is 83.3 cm³/mol. The highest BCUT2D eigenvalue weighted by molar-refractivity contribution is 5.90. The summed E-state index contributed by atoms with van der Waals surface area (Å²) in [5.41, 5.74) is 1.49. The van der Waals surface area contributed by atoms with Crippen LogP contribution >= 0.6 is 0 Å². The summed E-state index contributed by atoms with van der Waals surface area (Å²) in [6.07, 6.45) is 0. The highest BCUT2D eigenvalue weighted by atomic mass is 16.5. The minimum Gasteiger partial charge on any atom is -0.478 e. The molecule has 0 spiro atoms. The zero-order valence-corrected chi connectivity index (χ0v) is 12.8. The molecule has 0 unspecified atom stereocenters. The van der Waals surface area contributed by atoms with Gasteiger partial charge in [0.25, 0.3) is 0 Å². The summed E-state index contributed by atoms with van der Waals surface area (Å²) >= 11 is 0. The molecule has 0 radical (unpaired) electrons. The lowest BCUT2D eigenvalue weighted by atomic mass is 9.76. The normalized spacial score (nSPS) is 11.0. The van der Waals surface area contributed by atoms with Gasteiger partial charge in [-0.3, -0.25) is 4.79 Å². The lowest BCUT2D eigenvalue weighted by Crippen LogP contribution is -2.22. The predicted octanol–water partition coefficient (Wildman–Crippen LogP) is 3.64. The van der Waals surface area contributed by atoms with Crippen LogP contribution in [0.25, 0.3) is 0 Å². The van der Waals surface area contributed by atoms with Crippen LogP contribution in [-0.4, -0.2) is 17.0 Å². The quantitative estimate of drug-likeness (QED) is 0.691. The van der Waals surface area contributed by atoms with Gasteiger partial charge >= 0.3 is 11.9 Å². The van der Waals surface area contributed by atoms with Gasteiger partial charge in [-0.25, -0.2) is 4.79 Å². The third-order valence-electron chi connectivity index (χ3n) is 3.67. The molecule has 0 saturated carbocycles. The Morgan fingerprint density at radius 3 is 2.14 bits per heavy atom. The van der Waals surface area contributed by atoms with E-state index in [2.05, 4.69) is 0 Å². The Labute approximate surface area is 129 Å². The van der Waals surface area contributed by atoms with E-state index in [1.165, 1.54) is 6.92 Å². The molecule has 0 heterocycles. The Morgan fingerprint density at radius 2 is 1.59 bits per heavy atom. The van der Waals surface area contributed by atoms with Gasteiger partial charge in [0.2, 0.25) is 0 Å². The van der Waals surface area contributed by atoms with E-state index in [0.717, 1.165) is 11.1 Å². The summed E-state index contributed by atoms with van der Waals surface area (Å²) in [4.78, 5) is 22.4. The first kappa shape index (κ1) is 15.8. The van der Waals surface area contributed by atoms with Gasteiger partial charge in [-0.2, -0.15) is 0 Å². The van der Waals surface area contributed by atoms with E-state index < -0.39 is 11.4 Å². The molecule has 22 heavy (non-hydrogen) atoms. The Hall–Kier alpha value is -2.62. The molecule has 0 saturated heterocycles. The number of carboxylic acids is 1. The van der Waals surface area contributed by atoms with Gasteiger partial charge in [-0.1, -0.05) is 44.2 Å². The molecule has 2 rings (SSSR count). The number of carbonyl (C=O) groups excluding carboxylic acids is 1. The zero-order valence-electron chi connectivity index (χ0n) is 12.8. The smallest absolute Gasteiger partial charge is 0.335 e. The van der Waals surface area contributed by atoms with E-state index in [4.69, 9.17) is 4.74 Å². The summed E-state index contributed by atoms with van der Waals surface area (Å²) in [6.45, 7) is 5.28. The summed E-state index contributed by atoms with van der Waals surface area (Å²) in [7, 11) is 0. The molecular weight excluding hydrogens is 280 g/mol. The van der Waals surface area contributed by atoms with Gasteiger partial charge in [0.05, 0.1) is 5.56 Å². The second-order valence-electron chi connectivity index (χ2n) is 5.59. The van der Waals surface area contributed by atoms with Crippen LogP contribution in [0.1, 0.15) is 42.3 Å². The molecule has 0 aromatic heterocycles. The molecule has 0 aliphatic carbocycles. The fourth-order valence-electron chi connectivity index (χ4n) is 2.48. The van der Waals surface area contributed by atoms with Crippen molar-refractivity contribution in [3.05, 3.63) is 65.2 Å². The lowest BCUT2D eigenvalue weighted by molar-refractivity contribution is -0.131. The largest absolute Gasteiger partial charge is 0.478 e. The molecule has 2 aromatic carbocycles. The van der Waals surface area contributed by atoms with Crippen LogP contribution in [0, 0.1) is 0 Å². The first-order chi connectivity index (χ1) is 10.3. The van der Waals surface area contributed by atoms with Gasteiger partial charge < -0.3 is 9.84 Å². The fraction of sp³-hybridized carbons (Fsp3) is 0.222. The van der Waals surface area contributed by atoms with Gasteiger partial charge in [0.1, 0.15) is 5.75 Å².